The normalized spacial score (nSPS) is 14.9. The second-order valence-electron chi connectivity index (χ2n) is 5.30. The summed E-state index contributed by atoms with van der Waals surface area (Å²) in [6.07, 6.45) is 3.92. The van der Waals surface area contributed by atoms with E-state index in [4.69, 9.17) is 16.2 Å². The van der Waals surface area contributed by atoms with Gasteiger partial charge in [0.15, 0.2) is 0 Å². The molecule has 0 unspecified atom stereocenters. The van der Waals surface area contributed by atoms with Gasteiger partial charge in [-0.25, -0.2) is 0 Å². The summed E-state index contributed by atoms with van der Waals surface area (Å²) in [5, 5.41) is 0. The molecule has 0 saturated heterocycles. The van der Waals surface area contributed by atoms with E-state index in [9.17, 15) is 9.59 Å². The maximum absolute atomic E-state index is 12.8. The molecule has 2 rings (SSSR count). The van der Waals surface area contributed by atoms with Crippen molar-refractivity contribution in [3.8, 4) is 5.75 Å². The number of carbonyl (C=O) groups is 2. The van der Waals surface area contributed by atoms with E-state index in [0.717, 1.165) is 25.7 Å². The van der Waals surface area contributed by atoms with Gasteiger partial charge in [-0.1, -0.05) is 12.8 Å². The van der Waals surface area contributed by atoms with E-state index in [2.05, 4.69) is 0 Å². The van der Waals surface area contributed by atoms with Crippen LogP contribution in [0.3, 0.4) is 0 Å². The third kappa shape index (κ3) is 3.45. The van der Waals surface area contributed by atoms with E-state index in [-0.39, 0.29) is 18.5 Å². The summed E-state index contributed by atoms with van der Waals surface area (Å²) in [6, 6.07) is 4.93. The van der Waals surface area contributed by atoms with Crippen molar-refractivity contribution in [3.63, 3.8) is 0 Å². The molecule has 6 heteroatoms. The molecular formula is C15H21N3O3. The zero-order chi connectivity index (χ0) is 15.4. The van der Waals surface area contributed by atoms with Gasteiger partial charge in [-0.2, -0.15) is 0 Å². The lowest BCUT2D eigenvalue weighted by Crippen LogP contribution is -2.44. The number of ether oxygens (including phenoxy) is 1. The summed E-state index contributed by atoms with van der Waals surface area (Å²) < 4.78 is 5.22. The highest BCUT2D eigenvalue weighted by molar-refractivity contribution is 5.99. The summed E-state index contributed by atoms with van der Waals surface area (Å²) >= 11 is 0. The molecular weight excluding hydrogens is 270 g/mol. The third-order valence-corrected chi connectivity index (χ3v) is 3.81. The number of hydrogen-bond donors (Lipinski definition) is 2. The zero-order valence-corrected chi connectivity index (χ0v) is 12.2. The Morgan fingerprint density at radius 2 is 2.00 bits per heavy atom. The molecule has 0 spiro atoms. The molecule has 21 heavy (non-hydrogen) atoms. The largest absolute Gasteiger partial charge is 0.496 e. The van der Waals surface area contributed by atoms with Crippen molar-refractivity contribution >= 4 is 17.5 Å². The number of primary amides is 1. The predicted molar refractivity (Wildman–Crippen MR) is 79.9 cm³/mol. The van der Waals surface area contributed by atoms with Crippen LogP contribution in [0.5, 0.6) is 5.75 Å². The fourth-order valence-corrected chi connectivity index (χ4v) is 2.79. The van der Waals surface area contributed by atoms with Crippen molar-refractivity contribution in [1.82, 2.24) is 4.90 Å². The Kier molecular flexibility index (Phi) is 4.67. The van der Waals surface area contributed by atoms with Gasteiger partial charge in [0.2, 0.25) is 5.91 Å². The second kappa shape index (κ2) is 6.47. The third-order valence-electron chi connectivity index (χ3n) is 3.81. The molecule has 0 bridgehead atoms. The van der Waals surface area contributed by atoms with Crippen molar-refractivity contribution in [2.24, 2.45) is 5.73 Å². The maximum atomic E-state index is 12.8. The second-order valence-corrected chi connectivity index (χ2v) is 5.30. The zero-order valence-electron chi connectivity index (χ0n) is 12.2. The molecule has 1 saturated carbocycles. The molecule has 4 N–H and O–H groups in total. The van der Waals surface area contributed by atoms with Crippen molar-refractivity contribution in [3.05, 3.63) is 23.8 Å². The first-order chi connectivity index (χ1) is 10.0. The van der Waals surface area contributed by atoms with E-state index in [0.29, 0.717) is 17.0 Å². The number of carbonyl (C=O) groups excluding carboxylic acids is 2. The first kappa shape index (κ1) is 15.2. The Bertz CT molecular complexity index is 539. The SMILES string of the molecule is COc1cc(N)ccc1C(=O)N(CC(N)=O)C1CCCC1. The van der Waals surface area contributed by atoms with Gasteiger partial charge < -0.3 is 21.1 Å². The van der Waals surface area contributed by atoms with Gasteiger partial charge in [0.1, 0.15) is 5.75 Å². The molecule has 0 aliphatic heterocycles. The van der Waals surface area contributed by atoms with Crippen molar-refractivity contribution in [1.29, 1.82) is 0 Å². The number of anilines is 1. The molecule has 1 aliphatic carbocycles. The quantitative estimate of drug-likeness (QED) is 0.795. The van der Waals surface area contributed by atoms with E-state index >= 15 is 0 Å². The Labute approximate surface area is 124 Å². The van der Waals surface area contributed by atoms with Gasteiger partial charge in [-0.15, -0.1) is 0 Å². The maximum Gasteiger partial charge on any atom is 0.258 e. The van der Waals surface area contributed by atoms with Gasteiger partial charge in [-0.3, -0.25) is 9.59 Å². The van der Waals surface area contributed by atoms with Crippen LogP contribution in [0.2, 0.25) is 0 Å². The minimum Gasteiger partial charge on any atom is -0.496 e. The minimum atomic E-state index is -0.510. The Morgan fingerprint density at radius 1 is 1.33 bits per heavy atom. The first-order valence-electron chi connectivity index (χ1n) is 7.05. The molecule has 1 aliphatic rings. The lowest BCUT2D eigenvalue weighted by atomic mass is 10.1. The summed E-state index contributed by atoms with van der Waals surface area (Å²) in [7, 11) is 1.49. The highest BCUT2D eigenvalue weighted by Gasteiger charge is 2.30. The van der Waals surface area contributed by atoms with Crippen LogP contribution in [0, 0.1) is 0 Å². The average molecular weight is 291 g/mol. The number of nitrogens with two attached hydrogens (primary N) is 2. The van der Waals surface area contributed by atoms with Crippen LogP contribution in [0.15, 0.2) is 18.2 Å². The van der Waals surface area contributed by atoms with Gasteiger partial charge in [0.05, 0.1) is 19.2 Å². The molecule has 1 aromatic carbocycles. The van der Waals surface area contributed by atoms with E-state index in [1.165, 1.54) is 7.11 Å². The highest BCUT2D eigenvalue weighted by Crippen LogP contribution is 2.28. The van der Waals surface area contributed by atoms with Crippen LogP contribution in [0.4, 0.5) is 5.69 Å². The van der Waals surface area contributed by atoms with Crippen LogP contribution in [-0.2, 0) is 4.79 Å². The minimum absolute atomic E-state index is 0.0623. The molecule has 114 valence electrons. The highest BCUT2D eigenvalue weighted by atomic mass is 16.5. The van der Waals surface area contributed by atoms with Crippen molar-refractivity contribution in [2.45, 2.75) is 31.7 Å². The average Bonchev–Trinajstić information content (AvgIpc) is 2.97. The monoisotopic (exact) mass is 291 g/mol. The molecule has 2 amide bonds. The smallest absolute Gasteiger partial charge is 0.258 e. The number of nitrogens with zero attached hydrogens (tertiary/aromatic N) is 1. The van der Waals surface area contributed by atoms with Crippen molar-refractivity contribution < 1.29 is 14.3 Å². The van der Waals surface area contributed by atoms with E-state index < -0.39 is 5.91 Å². The fourth-order valence-electron chi connectivity index (χ4n) is 2.79. The Morgan fingerprint density at radius 3 is 2.57 bits per heavy atom. The summed E-state index contributed by atoms with van der Waals surface area (Å²) in [6.45, 7) is -0.0724. The Balaban J connectivity index is 2.30. The topological polar surface area (TPSA) is 98.7 Å². The molecule has 1 aromatic rings. The predicted octanol–water partition coefficient (Wildman–Crippen LogP) is 1.15. The summed E-state index contributed by atoms with van der Waals surface area (Å²) in [5.74, 6) is -0.338. The summed E-state index contributed by atoms with van der Waals surface area (Å²) in [4.78, 5) is 25.6. The molecule has 1 fully saturated rings. The summed E-state index contributed by atoms with van der Waals surface area (Å²) in [5.41, 5.74) is 11.9. The van der Waals surface area contributed by atoms with Gasteiger partial charge in [-0.05, 0) is 25.0 Å². The van der Waals surface area contributed by atoms with Crippen LogP contribution >= 0.6 is 0 Å². The van der Waals surface area contributed by atoms with Gasteiger partial charge in [0, 0.05) is 17.8 Å². The standard InChI is InChI=1S/C15H21N3O3/c1-21-13-8-10(16)6-7-12(13)15(20)18(9-14(17)19)11-4-2-3-5-11/h6-8,11H,2-5,9,16H2,1H3,(H2,17,19). The van der Waals surface area contributed by atoms with Gasteiger partial charge in [0.25, 0.3) is 5.91 Å². The number of amides is 2. The number of hydrogen-bond acceptors (Lipinski definition) is 4. The molecule has 0 aromatic heterocycles. The van der Waals surface area contributed by atoms with Crippen LogP contribution in [0.1, 0.15) is 36.0 Å². The van der Waals surface area contributed by atoms with E-state index in [1.807, 2.05) is 0 Å². The van der Waals surface area contributed by atoms with Crippen LogP contribution in [0.25, 0.3) is 0 Å². The van der Waals surface area contributed by atoms with Crippen molar-refractivity contribution in [2.75, 3.05) is 19.4 Å². The van der Waals surface area contributed by atoms with Gasteiger partial charge >= 0.3 is 0 Å². The van der Waals surface area contributed by atoms with E-state index in [1.54, 1.807) is 23.1 Å². The number of benzene rings is 1. The van der Waals surface area contributed by atoms with Crippen LogP contribution in [-0.4, -0.2) is 36.4 Å². The first-order valence-corrected chi connectivity index (χ1v) is 7.05. The number of nitrogen functional groups attached to an aromatic ring is 1. The Hall–Kier alpha value is -2.24. The lowest BCUT2D eigenvalue weighted by molar-refractivity contribution is -0.119. The lowest BCUT2D eigenvalue weighted by Gasteiger charge is -2.28. The molecule has 0 atom stereocenters. The van der Waals surface area contributed by atoms with Crippen LogP contribution < -0.4 is 16.2 Å². The molecule has 6 nitrogen and oxygen atoms in total. The molecule has 0 heterocycles. The number of methoxy groups -OCH3 is 1. The fraction of sp³-hybridized carbons (Fsp3) is 0.467. The molecule has 0 radical (unpaired) electrons. The number of rotatable bonds is 5.